The quantitative estimate of drug-likeness (QED) is 0.295. The van der Waals surface area contributed by atoms with Gasteiger partial charge in [0.05, 0.1) is 18.9 Å². The number of carbonyl (C=O) groups is 3. The van der Waals surface area contributed by atoms with Crippen molar-refractivity contribution in [3.05, 3.63) is 0 Å². The largest absolute Gasteiger partial charge is 0.490 e. The van der Waals surface area contributed by atoms with E-state index in [4.69, 9.17) is 15.0 Å². The molecule has 2 unspecified atom stereocenters. The molecule has 1 amide bonds. The zero-order valence-corrected chi connectivity index (χ0v) is 16.0. The highest BCUT2D eigenvalue weighted by molar-refractivity contribution is 8.76. The lowest BCUT2D eigenvalue weighted by Gasteiger charge is -2.16. The number of carboxylic acids is 2. The molecule has 0 spiro atoms. The van der Waals surface area contributed by atoms with Crippen LogP contribution < -0.4 is 5.32 Å². The summed E-state index contributed by atoms with van der Waals surface area (Å²) in [5, 5.41) is 28.0. The standard InChI is InChI=1S/C12H23NO4S2.C2HF3O2/c1-3-9(2)10(14)8-11(15)13-5-7-19-18-6-4-12(16)17;3-2(4,5)1(6)7/h9-10,14H,3-8H2,1-2H3,(H,13,15)(H,16,17);(H,6,7). The van der Waals surface area contributed by atoms with Gasteiger partial charge in [0.25, 0.3) is 0 Å². The van der Waals surface area contributed by atoms with E-state index < -0.39 is 24.2 Å². The van der Waals surface area contributed by atoms with Crippen molar-refractivity contribution in [1.29, 1.82) is 0 Å². The zero-order chi connectivity index (χ0) is 20.8. The molecule has 0 aliphatic rings. The van der Waals surface area contributed by atoms with Gasteiger partial charge < -0.3 is 20.6 Å². The average molecular weight is 423 g/mol. The van der Waals surface area contributed by atoms with Crippen molar-refractivity contribution in [3.8, 4) is 0 Å². The minimum Gasteiger partial charge on any atom is -0.481 e. The Bertz CT molecular complexity index is 437. The molecule has 0 saturated carbocycles. The van der Waals surface area contributed by atoms with Gasteiger partial charge in [0, 0.05) is 18.1 Å². The number of carboxylic acid groups (broad SMARTS) is 2. The third kappa shape index (κ3) is 17.7. The van der Waals surface area contributed by atoms with Crippen molar-refractivity contribution in [3.63, 3.8) is 0 Å². The summed E-state index contributed by atoms with van der Waals surface area (Å²) >= 11 is 0. The summed E-state index contributed by atoms with van der Waals surface area (Å²) in [5.41, 5.74) is 0. The van der Waals surface area contributed by atoms with Crippen LogP contribution in [-0.2, 0) is 14.4 Å². The molecule has 0 aromatic rings. The molecule has 0 aliphatic heterocycles. The van der Waals surface area contributed by atoms with E-state index in [9.17, 15) is 27.9 Å². The maximum Gasteiger partial charge on any atom is 0.490 e. The Hall–Kier alpha value is -1.14. The molecule has 0 radical (unpaired) electrons. The molecule has 26 heavy (non-hydrogen) atoms. The number of rotatable bonds is 11. The van der Waals surface area contributed by atoms with Gasteiger partial charge in [0.2, 0.25) is 5.91 Å². The van der Waals surface area contributed by atoms with E-state index in [1.165, 1.54) is 10.8 Å². The minimum absolute atomic E-state index is 0.131. The van der Waals surface area contributed by atoms with Gasteiger partial charge in [-0.25, -0.2) is 4.79 Å². The fourth-order valence-corrected chi connectivity index (χ4v) is 3.10. The maximum atomic E-state index is 11.5. The Morgan fingerprint density at radius 1 is 1.12 bits per heavy atom. The van der Waals surface area contributed by atoms with Crippen LogP contribution in [-0.4, -0.2) is 63.5 Å². The first-order valence-electron chi connectivity index (χ1n) is 7.62. The van der Waals surface area contributed by atoms with Crippen molar-refractivity contribution < 1.29 is 42.9 Å². The molecular weight excluding hydrogens is 399 g/mol. The minimum atomic E-state index is -5.08. The fraction of sp³-hybridized carbons (Fsp3) is 0.786. The molecule has 154 valence electrons. The number of hydrogen-bond donors (Lipinski definition) is 4. The van der Waals surface area contributed by atoms with E-state index in [2.05, 4.69) is 5.32 Å². The van der Waals surface area contributed by atoms with E-state index in [0.29, 0.717) is 12.3 Å². The van der Waals surface area contributed by atoms with Gasteiger partial charge in [0.15, 0.2) is 0 Å². The molecule has 0 bridgehead atoms. The summed E-state index contributed by atoms with van der Waals surface area (Å²) in [6, 6.07) is 0. The van der Waals surface area contributed by atoms with Crippen LogP contribution in [0.4, 0.5) is 13.2 Å². The van der Waals surface area contributed by atoms with Crippen molar-refractivity contribution in [2.75, 3.05) is 18.1 Å². The number of carbonyl (C=O) groups excluding carboxylic acids is 1. The van der Waals surface area contributed by atoms with Crippen LogP contribution in [0, 0.1) is 5.92 Å². The highest BCUT2D eigenvalue weighted by Crippen LogP contribution is 2.21. The van der Waals surface area contributed by atoms with Gasteiger partial charge in [-0.05, 0) is 5.92 Å². The first kappa shape index (κ1) is 27.1. The Morgan fingerprint density at radius 3 is 2.04 bits per heavy atom. The molecule has 0 aliphatic carbocycles. The highest BCUT2D eigenvalue weighted by Gasteiger charge is 2.38. The topological polar surface area (TPSA) is 124 Å². The Morgan fingerprint density at radius 2 is 1.62 bits per heavy atom. The second-order valence-corrected chi connectivity index (χ2v) is 7.80. The second-order valence-electron chi connectivity index (χ2n) is 5.10. The van der Waals surface area contributed by atoms with E-state index in [1.807, 2.05) is 13.8 Å². The van der Waals surface area contributed by atoms with E-state index in [-0.39, 0.29) is 24.7 Å². The van der Waals surface area contributed by atoms with Gasteiger partial charge >= 0.3 is 18.1 Å². The van der Waals surface area contributed by atoms with Crippen LogP contribution in [0.25, 0.3) is 0 Å². The van der Waals surface area contributed by atoms with Crippen LogP contribution in [0.5, 0.6) is 0 Å². The SMILES string of the molecule is CCC(C)C(O)CC(=O)NCCSSCCC(=O)O.O=C(O)C(F)(F)F. The fourth-order valence-electron chi connectivity index (χ4n) is 1.21. The van der Waals surface area contributed by atoms with E-state index in [0.717, 1.165) is 12.2 Å². The van der Waals surface area contributed by atoms with E-state index >= 15 is 0 Å². The first-order chi connectivity index (χ1) is 11.9. The molecule has 0 aromatic heterocycles. The maximum absolute atomic E-state index is 11.5. The summed E-state index contributed by atoms with van der Waals surface area (Å²) in [6.45, 7) is 4.44. The van der Waals surface area contributed by atoms with Crippen molar-refractivity contribution >= 4 is 39.4 Å². The Balaban J connectivity index is 0. The lowest BCUT2D eigenvalue weighted by Crippen LogP contribution is -2.31. The number of halogens is 3. The van der Waals surface area contributed by atoms with Gasteiger partial charge in [-0.1, -0.05) is 41.9 Å². The molecule has 0 aromatic carbocycles. The highest BCUT2D eigenvalue weighted by atomic mass is 33.1. The van der Waals surface area contributed by atoms with Crippen LogP contribution in [0.1, 0.15) is 33.1 Å². The summed E-state index contributed by atoms with van der Waals surface area (Å²) in [5.74, 6) is -2.25. The number of hydrogen-bond acceptors (Lipinski definition) is 6. The molecule has 0 rings (SSSR count). The summed E-state index contributed by atoms with van der Waals surface area (Å²) in [4.78, 5) is 30.6. The number of aliphatic hydroxyl groups excluding tert-OH is 1. The summed E-state index contributed by atoms with van der Waals surface area (Å²) < 4.78 is 31.7. The molecule has 4 N–H and O–H groups in total. The van der Waals surface area contributed by atoms with Crippen LogP contribution in [0.15, 0.2) is 0 Å². The molecule has 2 atom stereocenters. The number of aliphatic carboxylic acids is 2. The van der Waals surface area contributed by atoms with Crippen LogP contribution in [0.3, 0.4) is 0 Å². The number of amides is 1. The van der Waals surface area contributed by atoms with Crippen molar-refractivity contribution in [2.24, 2.45) is 5.92 Å². The summed E-state index contributed by atoms with van der Waals surface area (Å²) in [6.07, 6.45) is -4.51. The van der Waals surface area contributed by atoms with Crippen molar-refractivity contribution in [1.82, 2.24) is 5.32 Å². The normalized spacial score (nSPS) is 13.2. The zero-order valence-electron chi connectivity index (χ0n) is 14.4. The molecule has 12 heteroatoms. The molecule has 7 nitrogen and oxygen atoms in total. The lowest BCUT2D eigenvalue weighted by atomic mass is 9.99. The van der Waals surface area contributed by atoms with Crippen LogP contribution in [0.2, 0.25) is 0 Å². The van der Waals surface area contributed by atoms with Gasteiger partial charge in [-0.15, -0.1) is 0 Å². The molecule has 0 heterocycles. The number of alkyl halides is 3. The summed E-state index contributed by atoms with van der Waals surface area (Å²) in [7, 11) is 3.03. The third-order valence-electron chi connectivity index (χ3n) is 2.93. The predicted octanol–water partition coefficient (Wildman–Crippen LogP) is 2.39. The Labute approximate surface area is 157 Å². The number of nitrogens with one attached hydrogen (secondary N) is 1. The number of aliphatic hydroxyl groups is 1. The smallest absolute Gasteiger partial charge is 0.481 e. The van der Waals surface area contributed by atoms with E-state index in [1.54, 1.807) is 10.8 Å². The van der Waals surface area contributed by atoms with Crippen molar-refractivity contribution in [2.45, 2.75) is 45.4 Å². The average Bonchev–Trinajstić information content (AvgIpc) is 2.52. The van der Waals surface area contributed by atoms with Gasteiger partial charge in [-0.2, -0.15) is 13.2 Å². The van der Waals surface area contributed by atoms with Crippen LogP contribution >= 0.6 is 21.6 Å². The molecule has 0 fully saturated rings. The first-order valence-corrected chi connectivity index (χ1v) is 10.1. The van der Waals surface area contributed by atoms with Gasteiger partial charge in [0.1, 0.15) is 0 Å². The second kappa shape index (κ2) is 15.0. The Kier molecular flexibility index (Phi) is 15.6. The lowest BCUT2D eigenvalue weighted by molar-refractivity contribution is -0.192. The molecular formula is C14H24F3NO6S2. The van der Waals surface area contributed by atoms with Gasteiger partial charge in [-0.3, -0.25) is 9.59 Å². The third-order valence-corrected chi connectivity index (χ3v) is 5.34. The molecule has 0 saturated heterocycles. The monoisotopic (exact) mass is 423 g/mol. The predicted molar refractivity (Wildman–Crippen MR) is 93.9 cm³/mol.